The van der Waals surface area contributed by atoms with Gasteiger partial charge in [0.2, 0.25) is 5.91 Å². The van der Waals surface area contributed by atoms with Crippen LogP contribution in [-0.4, -0.2) is 41.3 Å². The number of hydrogen-bond donors (Lipinski definition) is 3. The molecular formula is C15H21NO5. The maximum absolute atomic E-state index is 12.2. The van der Waals surface area contributed by atoms with Gasteiger partial charge in [-0.25, -0.2) is 4.79 Å². The lowest BCUT2D eigenvalue weighted by atomic mass is 9.83. The minimum atomic E-state index is -1.99. The lowest BCUT2D eigenvalue weighted by Crippen LogP contribution is -2.50. The van der Waals surface area contributed by atoms with Crippen LogP contribution in [0.25, 0.3) is 0 Å². The van der Waals surface area contributed by atoms with Gasteiger partial charge in [-0.05, 0) is 38.5 Å². The Morgan fingerprint density at radius 1 is 1.19 bits per heavy atom. The van der Waals surface area contributed by atoms with Crippen molar-refractivity contribution in [3.63, 3.8) is 0 Å². The molecule has 0 aliphatic heterocycles. The molecule has 6 heteroatoms. The Labute approximate surface area is 123 Å². The first-order chi connectivity index (χ1) is 9.61. The van der Waals surface area contributed by atoms with Gasteiger partial charge in [0, 0.05) is 0 Å². The standard InChI is InChI=1S/C15H21NO5/c1-14(2,10-5-7-11(21-4)8-6-10)12(17)16-9-15(3,20)13(18)19/h5-8,20H,9H2,1-4H3,(H,16,17)(H,18,19). The van der Waals surface area contributed by atoms with Crippen LogP contribution in [0.2, 0.25) is 0 Å². The maximum Gasteiger partial charge on any atom is 0.337 e. The molecule has 1 aromatic rings. The normalized spacial score (nSPS) is 14.1. The van der Waals surface area contributed by atoms with E-state index in [2.05, 4.69) is 5.32 Å². The predicted octanol–water partition coefficient (Wildman–Crippen LogP) is 0.925. The first-order valence-corrected chi connectivity index (χ1v) is 6.50. The van der Waals surface area contributed by atoms with Crippen molar-refractivity contribution in [3.05, 3.63) is 29.8 Å². The molecule has 1 aromatic carbocycles. The smallest absolute Gasteiger partial charge is 0.337 e. The van der Waals surface area contributed by atoms with Gasteiger partial charge < -0.3 is 20.3 Å². The Bertz CT molecular complexity index is 519. The van der Waals surface area contributed by atoms with Gasteiger partial charge in [0.15, 0.2) is 5.60 Å². The predicted molar refractivity (Wildman–Crippen MR) is 77.3 cm³/mol. The Morgan fingerprint density at radius 2 is 1.71 bits per heavy atom. The molecule has 21 heavy (non-hydrogen) atoms. The summed E-state index contributed by atoms with van der Waals surface area (Å²) in [5, 5.41) is 20.9. The second-order valence-corrected chi connectivity index (χ2v) is 5.62. The topological polar surface area (TPSA) is 95.9 Å². The van der Waals surface area contributed by atoms with Crippen molar-refractivity contribution >= 4 is 11.9 Å². The highest BCUT2D eigenvalue weighted by molar-refractivity contribution is 5.88. The largest absolute Gasteiger partial charge is 0.497 e. The highest BCUT2D eigenvalue weighted by Gasteiger charge is 2.34. The number of methoxy groups -OCH3 is 1. The fourth-order valence-electron chi connectivity index (χ4n) is 1.69. The number of ether oxygens (including phenoxy) is 1. The number of carbonyl (C=O) groups excluding carboxylic acids is 1. The van der Waals surface area contributed by atoms with Crippen molar-refractivity contribution in [1.82, 2.24) is 5.32 Å². The first kappa shape index (κ1) is 17.0. The van der Waals surface area contributed by atoms with Crippen molar-refractivity contribution in [1.29, 1.82) is 0 Å². The number of carboxylic acids is 1. The van der Waals surface area contributed by atoms with Crippen molar-refractivity contribution in [3.8, 4) is 5.75 Å². The Balaban J connectivity index is 2.81. The molecule has 0 bridgehead atoms. The van der Waals surface area contributed by atoms with E-state index < -0.39 is 17.0 Å². The van der Waals surface area contributed by atoms with Crippen LogP contribution < -0.4 is 10.1 Å². The summed E-state index contributed by atoms with van der Waals surface area (Å²) >= 11 is 0. The minimum absolute atomic E-state index is 0.360. The summed E-state index contributed by atoms with van der Waals surface area (Å²) in [4.78, 5) is 23.1. The van der Waals surface area contributed by atoms with Gasteiger partial charge in [0.25, 0.3) is 0 Å². The molecule has 0 aromatic heterocycles. The van der Waals surface area contributed by atoms with Crippen molar-refractivity contribution in [2.45, 2.75) is 31.8 Å². The number of benzene rings is 1. The average molecular weight is 295 g/mol. The molecule has 3 N–H and O–H groups in total. The molecule has 116 valence electrons. The Hall–Kier alpha value is -2.08. The van der Waals surface area contributed by atoms with Gasteiger partial charge in [-0.3, -0.25) is 4.79 Å². The molecule has 0 fully saturated rings. The summed E-state index contributed by atoms with van der Waals surface area (Å²) in [5.41, 5.74) is -2.09. The van der Waals surface area contributed by atoms with E-state index >= 15 is 0 Å². The summed E-state index contributed by atoms with van der Waals surface area (Å²) < 4.78 is 5.06. The van der Waals surface area contributed by atoms with Crippen LogP contribution in [0.4, 0.5) is 0 Å². The van der Waals surface area contributed by atoms with Gasteiger partial charge in [0.1, 0.15) is 5.75 Å². The molecule has 0 heterocycles. The monoisotopic (exact) mass is 295 g/mol. The molecule has 0 saturated carbocycles. The number of carbonyl (C=O) groups is 2. The highest BCUT2D eigenvalue weighted by Crippen LogP contribution is 2.25. The number of nitrogens with one attached hydrogen (secondary N) is 1. The van der Waals surface area contributed by atoms with Gasteiger partial charge in [0.05, 0.1) is 19.1 Å². The number of aliphatic hydroxyl groups is 1. The highest BCUT2D eigenvalue weighted by atomic mass is 16.5. The molecule has 0 aliphatic rings. The Morgan fingerprint density at radius 3 is 2.14 bits per heavy atom. The fourth-order valence-corrected chi connectivity index (χ4v) is 1.69. The second kappa shape index (κ2) is 6.13. The van der Waals surface area contributed by atoms with Crippen LogP contribution >= 0.6 is 0 Å². The van der Waals surface area contributed by atoms with Gasteiger partial charge in [-0.1, -0.05) is 12.1 Å². The maximum atomic E-state index is 12.2. The summed E-state index contributed by atoms with van der Waals surface area (Å²) in [5.74, 6) is -1.07. The SMILES string of the molecule is COc1ccc(C(C)(C)C(=O)NCC(C)(O)C(=O)O)cc1. The van der Waals surface area contributed by atoms with E-state index in [4.69, 9.17) is 9.84 Å². The Kier molecular flexibility index (Phi) is 4.96. The summed E-state index contributed by atoms with van der Waals surface area (Å²) in [6, 6.07) is 7.04. The van der Waals surface area contributed by atoms with E-state index in [1.54, 1.807) is 45.2 Å². The molecule has 0 spiro atoms. The van der Waals surface area contributed by atoms with Crippen LogP contribution in [0.15, 0.2) is 24.3 Å². The van der Waals surface area contributed by atoms with Crippen LogP contribution in [0.5, 0.6) is 5.75 Å². The third-order valence-electron chi connectivity index (χ3n) is 3.43. The van der Waals surface area contributed by atoms with Crippen molar-refractivity contribution < 1.29 is 24.5 Å². The molecule has 0 saturated heterocycles. The van der Waals surface area contributed by atoms with Gasteiger partial charge in [-0.15, -0.1) is 0 Å². The van der Waals surface area contributed by atoms with E-state index in [9.17, 15) is 14.7 Å². The molecule has 1 unspecified atom stereocenters. The van der Waals surface area contributed by atoms with E-state index in [0.717, 1.165) is 12.5 Å². The van der Waals surface area contributed by atoms with E-state index in [-0.39, 0.29) is 12.5 Å². The molecular weight excluding hydrogens is 274 g/mol. The number of aliphatic carboxylic acids is 1. The fraction of sp³-hybridized carbons (Fsp3) is 0.467. The van der Waals surface area contributed by atoms with Crippen molar-refractivity contribution in [2.24, 2.45) is 0 Å². The molecule has 1 rings (SSSR count). The van der Waals surface area contributed by atoms with Gasteiger partial charge in [-0.2, -0.15) is 0 Å². The molecule has 0 radical (unpaired) electrons. The second-order valence-electron chi connectivity index (χ2n) is 5.62. The van der Waals surface area contributed by atoms with Crippen LogP contribution in [-0.2, 0) is 15.0 Å². The van der Waals surface area contributed by atoms with E-state index in [0.29, 0.717) is 5.75 Å². The van der Waals surface area contributed by atoms with E-state index in [1.807, 2.05) is 0 Å². The molecule has 1 amide bonds. The lowest BCUT2D eigenvalue weighted by Gasteiger charge is -2.26. The molecule has 6 nitrogen and oxygen atoms in total. The molecule has 0 aliphatic carbocycles. The number of carboxylic acid groups (broad SMARTS) is 1. The lowest BCUT2D eigenvalue weighted by molar-refractivity contribution is -0.156. The average Bonchev–Trinajstić information content (AvgIpc) is 2.44. The number of hydrogen-bond acceptors (Lipinski definition) is 4. The van der Waals surface area contributed by atoms with Crippen LogP contribution in [0.1, 0.15) is 26.3 Å². The minimum Gasteiger partial charge on any atom is -0.497 e. The number of rotatable bonds is 6. The third kappa shape index (κ3) is 3.95. The zero-order chi connectivity index (χ0) is 16.3. The quantitative estimate of drug-likeness (QED) is 0.725. The third-order valence-corrected chi connectivity index (χ3v) is 3.43. The van der Waals surface area contributed by atoms with Crippen LogP contribution in [0.3, 0.4) is 0 Å². The summed E-state index contributed by atoms with van der Waals surface area (Å²) in [7, 11) is 1.56. The van der Waals surface area contributed by atoms with Crippen LogP contribution in [0, 0.1) is 0 Å². The number of amides is 1. The van der Waals surface area contributed by atoms with Gasteiger partial charge >= 0.3 is 5.97 Å². The molecule has 1 atom stereocenters. The summed E-state index contributed by atoms with van der Waals surface area (Å²) in [6.07, 6.45) is 0. The first-order valence-electron chi connectivity index (χ1n) is 6.50. The zero-order valence-electron chi connectivity index (χ0n) is 12.6. The van der Waals surface area contributed by atoms with Crippen molar-refractivity contribution in [2.75, 3.05) is 13.7 Å². The zero-order valence-corrected chi connectivity index (χ0v) is 12.6. The van der Waals surface area contributed by atoms with E-state index in [1.165, 1.54) is 0 Å². The summed E-state index contributed by atoms with van der Waals surface area (Å²) in [6.45, 7) is 4.22.